The van der Waals surface area contributed by atoms with Crippen LogP contribution in [0.25, 0.3) is 0 Å². The molecule has 7 heteroatoms. The molecule has 2 aromatic carbocycles. The van der Waals surface area contributed by atoms with Gasteiger partial charge in [-0.2, -0.15) is 8.42 Å². The molecule has 0 atom stereocenters. The minimum Gasteiger partial charge on any atom is -0.871 e. The molecule has 0 unspecified atom stereocenters. The third-order valence-corrected chi connectivity index (χ3v) is 6.29. The maximum atomic E-state index is 11.9. The van der Waals surface area contributed by atoms with Crippen molar-refractivity contribution in [1.29, 1.82) is 0 Å². The Morgan fingerprint density at radius 1 is 0.812 bits per heavy atom. The van der Waals surface area contributed by atoms with Gasteiger partial charge in [0.1, 0.15) is 11.5 Å². The molecule has 0 spiro atoms. The Morgan fingerprint density at radius 2 is 1.38 bits per heavy atom. The molecule has 2 aromatic rings. The normalized spacial score (nSPS) is 11.2. The summed E-state index contributed by atoms with van der Waals surface area (Å²) in [5, 5.41) is 11.9. The van der Waals surface area contributed by atoms with Gasteiger partial charge in [-0.05, 0) is 48.7 Å². The molecular weight excluding hydrogens is 451 g/mol. The number of ether oxygens (including phenoxy) is 1. The second kappa shape index (κ2) is 16.3. The molecule has 0 aromatic heterocycles. The molecule has 0 saturated heterocycles. The summed E-state index contributed by atoms with van der Waals surface area (Å²) in [7, 11) is -4.52. The average Bonchev–Trinajstić information content (AvgIpc) is 2.71. The van der Waals surface area contributed by atoms with E-state index in [1.54, 1.807) is 6.07 Å². The van der Waals surface area contributed by atoms with Gasteiger partial charge in [0.25, 0.3) is 10.1 Å². The van der Waals surface area contributed by atoms with Crippen molar-refractivity contribution in [2.45, 2.75) is 88.9 Å². The van der Waals surface area contributed by atoms with Gasteiger partial charge in [0.15, 0.2) is 0 Å². The van der Waals surface area contributed by atoms with E-state index in [1.165, 1.54) is 75.8 Å². The molecule has 0 fully saturated rings. The van der Waals surface area contributed by atoms with Crippen molar-refractivity contribution in [2.24, 2.45) is 0 Å². The van der Waals surface area contributed by atoms with Crippen molar-refractivity contribution in [1.82, 2.24) is 0 Å². The fraction of sp³-hybridized carbons (Fsp3) is 0.520. The van der Waals surface area contributed by atoms with Crippen LogP contribution in [0, 0.1) is 0 Å². The summed E-state index contributed by atoms with van der Waals surface area (Å²) in [5.74, 6) is 0.0425. The monoisotopic (exact) mass is 486 g/mol. The van der Waals surface area contributed by atoms with Gasteiger partial charge in [-0.3, -0.25) is 4.55 Å². The molecule has 0 aliphatic carbocycles. The third-order valence-electron chi connectivity index (χ3n) is 5.40. The van der Waals surface area contributed by atoms with Crippen LogP contribution in [0.3, 0.4) is 0 Å². The second-order valence-electron chi connectivity index (χ2n) is 8.12. The molecule has 32 heavy (non-hydrogen) atoms. The Hall–Kier alpha value is -0.414. The molecule has 0 bridgehead atoms. The quantitative estimate of drug-likeness (QED) is 0.236. The minimum atomic E-state index is -4.52. The zero-order valence-corrected chi connectivity index (χ0v) is 23.5. The Bertz CT molecular complexity index is 899. The summed E-state index contributed by atoms with van der Waals surface area (Å²) in [4.78, 5) is -0.648. The predicted octanol–water partition coefficient (Wildman–Crippen LogP) is 3.66. The molecule has 0 aliphatic heterocycles. The molecule has 0 aliphatic rings. The maximum absolute atomic E-state index is 11.9. The van der Waals surface area contributed by atoms with E-state index in [0.29, 0.717) is 5.75 Å². The van der Waals surface area contributed by atoms with E-state index in [1.807, 2.05) is 12.1 Å². The van der Waals surface area contributed by atoms with Gasteiger partial charge in [-0.15, -0.1) is 0 Å². The first-order valence-corrected chi connectivity index (χ1v) is 12.9. The summed E-state index contributed by atoms with van der Waals surface area (Å²) in [6.07, 6.45) is 15.4. The van der Waals surface area contributed by atoms with Gasteiger partial charge in [0.05, 0.1) is 4.90 Å². The van der Waals surface area contributed by atoms with Crippen molar-refractivity contribution in [3.63, 3.8) is 0 Å². The van der Waals surface area contributed by atoms with E-state index in [9.17, 15) is 13.5 Å². The molecule has 172 valence electrons. The molecule has 2 rings (SSSR count). The number of benzene rings is 2. The van der Waals surface area contributed by atoms with Crippen molar-refractivity contribution < 1.29 is 74.2 Å². The Morgan fingerprint density at radius 3 is 1.94 bits per heavy atom. The number of hydrogen-bond acceptors (Lipinski definition) is 4. The van der Waals surface area contributed by atoms with E-state index >= 15 is 0 Å². The SMILES string of the molecule is CCCCCCCCCCCCCc1cccc(Oc2ccc(S(=O)(=O)O)c([O-])c2)c1.[K+]. The van der Waals surface area contributed by atoms with Crippen LogP contribution in [0.2, 0.25) is 0 Å². The number of rotatable bonds is 15. The van der Waals surface area contributed by atoms with E-state index in [-0.39, 0.29) is 57.1 Å². The van der Waals surface area contributed by atoms with Crippen LogP contribution in [0.4, 0.5) is 0 Å². The number of aryl methyl sites for hydroxylation is 1. The first-order valence-electron chi connectivity index (χ1n) is 11.5. The van der Waals surface area contributed by atoms with Crippen LogP contribution < -0.4 is 61.2 Å². The van der Waals surface area contributed by atoms with Crippen molar-refractivity contribution in [3.05, 3.63) is 48.0 Å². The Kier molecular flexibility index (Phi) is 15.0. The van der Waals surface area contributed by atoms with Gasteiger partial charge in [-0.1, -0.05) is 89.0 Å². The van der Waals surface area contributed by atoms with Crippen LogP contribution >= 0.6 is 0 Å². The van der Waals surface area contributed by atoms with E-state index in [0.717, 1.165) is 25.0 Å². The summed E-state index contributed by atoms with van der Waals surface area (Å²) >= 11 is 0. The van der Waals surface area contributed by atoms with Gasteiger partial charge in [0.2, 0.25) is 0 Å². The first kappa shape index (κ1) is 29.6. The van der Waals surface area contributed by atoms with Crippen LogP contribution in [0.15, 0.2) is 47.4 Å². The van der Waals surface area contributed by atoms with Gasteiger partial charge < -0.3 is 9.84 Å². The summed E-state index contributed by atoms with van der Waals surface area (Å²) < 4.78 is 37.0. The van der Waals surface area contributed by atoms with Crippen LogP contribution in [-0.4, -0.2) is 13.0 Å². The summed E-state index contributed by atoms with van der Waals surface area (Å²) in [5.41, 5.74) is 1.17. The summed E-state index contributed by atoms with van der Waals surface area (Å²) in [6.45, 7) is 2.25. The Balaban J connectivity index is 0.00000512. The number of unbranched alkanes of at least 4 members (excludes halogenated alkanes) is 10. The fourth-order valence-corrected chi connectivity index (χ4v) is 4.21. The molecule has 5 nitrogen and oxygen atoms in total. The maximum Gasteiger partial charge on any atom is 1.00 e. The zero-order valence-electron chi connectivity index (χ0n) is 19.5. The Labute approximate surface area is 236 Å². The van der Waals surface area contributed by atoms with Crippen LogP contribution in [-0.2, 0) is 16.5 Å². The van der Waals surface area contributed by atoms with Crippen molar-refractivity contribution >= 4 is 10.1 Å². The van der Waals surface area contributed by atoms with Crippen LogP contribution in [0.1, 0.15) is 83.1 Å². The van der Waals surface area contributed by atoms with Crippen LogP contribution in [0.5, 0.6) is 17.2 Å². The largest absolute Gasteiger partial charge is 1.00 e. The van der Waals surface area contributed by atoms with Crippen molar-refractivity contribution in [3.8, 4) is 17.2 Å². The standard InChI is InChI=1S/C25H36O5S.K/c1-2-3-4-5-6-7-8-9-10-11-12-14-21-15-13-16-22(19-21)30-23-17-18-25(24(26)20-23)31(27,28)29;/h13,15-20,26H,2-12,14H2,1H3,(H,27,28,29);/q;+1/p-1. The smallest absolute Gasteiger partial charge is 0.871 e. The zero-order chi connectivity index (χ0) is 22.5. The van der Waals surface area contributed by atoms with Gasteiger partial charge >= 0.3 is 51.4 Å². The second-order valence-corrected chi connectivity index (χ2v) is 9.51. The molecule has 0 heterocycles. The third kappa shape index (κ3) is 11.6. The topological polar surface area (TPSA) is 86.7 Å². The fourth-order valence-electron chi connectivity index (χ4n) is 3.66. The average molecular weight is 487 g/mol. The molecule has 1 N–H and O–H groups in total. The van der Waals surface area contributed by atoms with E-state index in [2.05, 4.69) is 13.0 Å². The summed E-state index contributed by atoms with van der Waals surface area (Å²) in [6, 6.07) is 11.2. The molecular formula is C25H35KO5S. The van der Waals surface area contributed by atoms with E-state index in [4.69, 9.17) is 9.29 Å². The molecule has 0 saturated carbocycles. The predicted molar refractivity (Wildman–Crippen MR) is 122 cm³/mol. The van der Waals surface area contributed by atoms with Gasteiger partial charge in [-0.25, -0.2) is 0 Å². The molecule has 0 amide bonds. The number of hydrogen-bond donors (Lipinski definition) is 1. The van der Waals surface area contributed by atoms with E-state index < -0.39 is 20.8 Å². The minimum absolute atomic E-state index is 0. The molecule has 0 radical (unpaired) electrons. The first-order chi connectivity index (χ1) is 14.9. The van der Waals surface area contributed by atoms with Crippen molar-refractivity contribution in [2.75, 3.05) is 0 Å². The van der Waals surface area contributed by atoms with Gasteiger partial charge in [0, 0.05) is 0 Å².